The maximum atomic E-state index is 12.9. The number of aliphatic carboxylic acids is 1. The number of aromatic nitrogens is 2. The van der Waals surface area contributed by atoms with Crippen molar-refractivity contribution in [3.8, 4) is 5.69 Å². The lowest BCUT2D eigenvalue weighted by molar-refractivity contribution is -0.151. The van der Waals surface area contributed by atoms with E-state index in [1.165, 1.54) is 0 Å². The van der Waals surface area contributed by atoms with E-state index in [1.807, 2.05) is 62.7 Å². The number of hydrogen-bond donors (Lipinski definition) is 1. The summed E-state index contributed by atoms with van der Waals surface area (Å²) >= 11 is 0. The molecule has 6 nitrogen and oxygen atoms in total. The zero-order chi connectivity index (χ0) is 19.8. The van der Waals surface area contributed by atoms with Gasteiger partial charge in [-0.3, -0.25) is 9.59 Å². The van der Waals surface area contributed by atoms with Crippen LogP contribution in [-0.2, 0) is 16.0 Å². The van der Waals surface area contributed by atoms with Crippen LogP contribution in [0.2, 0.25) is 0 Å². The normalized spacial score (nSPS) is 19.7. The highest BCUT2D eigenvalue weighted by atomic mass is 16.4. The Balaban J connectivity index is 1.80. The van der Waals surface area contributed by atoms with Gasteiger partial charge in [-0.25, -0.2) is 4.68 Å². The molecule has 2 heterocycles. The third-order valence-electron chi connectivity index (χ3n) is 5.95. The number of carbonyl (C=O) groups excluding carboxylic acids is 1. The van der Waals surface area contributed by atoms with E-state index >= 15 is 0 Å². The summed E-state index contributed by atoms with van der Waals surface area (Å²) in [6.45, 7) is 8.49. The van der Waals surface area contributed by atoms with Crippen molar-refractivity contribution in [3.63, 3.8) is 0 Å². The number of carboxylic acids is 1. The summed E-state index contributed by atoms with van der Waals surface area (Å²) in [6, 6.07) is 9.83. The van der Waals surface area contributed by atoms with E-state index in [0.717, 1.165) is 22.6 Å². The molecule has 6 heteroatoms. The first-order valence-corrected chi connectivity index (χ1v) is 9.38. The highest BCUT2D eigenvalue weighted by Gasteiger charge is 2.48. The van der Waals surface area contributed by atoms with Gasteiger partial charge in [-0.2, -0.15) is 5.10 Å². The number of aryl methyl sites for hydroxylation is 1. The van der Waals surface area contributed by atoms with E-state index in [9.17, 15) is 14.7 Å². The second-order valence-corrected chi connectivity index (χ2v) is 7.75. The van der Waals surface area contributed by atoms with Crippen molar-refractivity contribution in [1.82, 2.24) is 14.7 Å². The number of carbonyl (C=O) groups is 2. The highest BCUT2D eigenvalue weighted by molar-refractivity contribution is 5.82. The van der Waals surface area contributed by atoms with Gasteiger partial charge >= 0.3 is 5.97 Å². The largest absolute Gasteiger partial charge is 0.481 e. The minimum absolute atomic E-state index is 0.0166. The molecule has 0 radical (unpaired) electrons. The Morgan fingerprint density at radius 1 is 1.22 bits per heavy atom. The van der Waals surface area contributed by atoms with Crippen molar-refractivity contribution in [1.29, 1.82) is 0 Å². The van der Waals surface area contributed by atoms with Gasteiger partial charge < -0.3 is 10.0 Å². The molecule has 3 rings (SSSR count). The summed E-state index contributed by atoms with van der Waals surface area (Å²) < 4.78 is 1.86. The first kappa shape index (κ1) is 19.1. The van der Waals surface area contributed by atoms with Crippen molar-refractivity contribution >= 4 is 11.9 Å². The average Bonchev–Trinajstić information content (AvgIpc) is 3.21. The summed E-state index contributed by atoms with van der Waals surface area (Å²) in [6.07, 6.45) is 0.755. The first-order chi connectivity index (χ1) is 12.8. The van der Waals surface area contributed by atoms with Crippen molar-refractivity contribution < 1.29 is 14.7 Å². The fraction of sp³-hybridized carbons (Fsp3) is 0.476. The maximum Gasteiger partial charge on any atom is 0.311 e. The predicted octanol–water partition coefficient (Wildman–Crippen LogP) is 2.99. The number of likely N-dealkylation sites (tertiary alicyclic amines) is 1. The predicted molar refractivity (Wildman–Crippen MR) is 103 cm³/mol. The number of carboxylic acid groups (broad SMARTS) is 1. The topological polar surface area (TPSA) is 75.4 Å². The number of hydrogen-bond acceptors (Lipinski definition) is 3. The highest BCUT2D eigenvalue weighted by Crippen LogP contribution is 2.38. The van der Waals surface area contributed by atoms with Crippen LogP contribution >= 0.6 is 0 Å². The average molecular weight is 369 g/mol. The van der Waals surface area contributed by atoms with Crippen LogP contribution in [0.4, 0.5) is 0 Å². The molecule has 27 heavy (non-hydrogen) atoms. The van der Waals surface area contributed by atoms with Gasteiger partial charge in [0.15, 0.2) is 0 Å². The molecule has 0 saturated carbocycles. The minimum atomic E-state index is -0.839. The molecule has 1 amide bonds. The maximum absolute atomic E-state index is 12.9. The van der Waals surface area contributed by atoms with Gasteiger partial charge in [0.25, 0.3) is 0 Å². The Morgan fingerprint density at radius 3 is 2.44 bits per heavy atom. The molecule has 1 unspecified atom stereocenters. The zero-order valence-corrected chi connectivity index (χ0v) is 16.4. The molecule has 1 N–H and O–H groups in total. The standard InChI is InChI=1S/C21H27N3O3/c1-14(2)21(20(26)27)10-11-23(13-21)19(25)12-18-15(3)22-24(16(18)4)17-8-6-5-7-9-17/h5-9,14H,10-13H2,1-4H3,(H,26,27). The third kappa shape index (κ3) is 3.36. The van der Waals surface area contributed by atoms with Crippen LogP contribution in [0.5, 0.6) is 0 Å². The van der Waals surface area contributed by atoms with E-state index < -0.39 is 11.4 Å². The summed E-state index contributed by atoms with van der Waals surface area (Å²) in [7, 11) is 0. The fourth-order valence-electron chi connectivity index (χ4n) is 3.95. The molecule has 2 aromatic rings. The molecule has 0 spiro atoms. The van der Waals surface area contributed by atoms with Crippen LogP contribution < -0.4 is 0 Å². The van der Waals surface area contributed by atoms with Crippen molar-refractivity contribution in [3.05, 3.63) is 47.3 Å². The lowest BCUT2D eigenvalue weighted by Gasteiger charge is -2.28. The number of benzene rings is 1. The molecule has 1 aromatic carbocycles. The Kier molecular flexibility index (Phi) is 5.09. The fourth-order valence-corrected chi connectivity index (χ4v) is 3.95. The number of para-hydroxylation sites is 1. The monoisotopic (exact) mass is 369 g/mol. The zero-order valence-electron chi connectivity index (χ0n) is 16.4. The van der Waals surface area contributed by atoms with Crippen LogP contribution in [0.15, 0.2) is 30.3 Å². The molecule has 1 aliphatic heterocycles. The SMILES string of the molecule is Cc1nn(-c2ccccc2)c(C)c1CC(=O)N1CCC(C(=O)O)(C(C)C)C1. The summed E-state index contributed by atoms with van der Waals surface area (Å²) in [5, 5.41) is 14.3. The number of rotatable bonds is 5. The number of amides is 1. The lowest BCUT2D eigenvalue weighted by Crippen LogP contribution is -2.41. The van der Waals surface area contributed by atoms with E-state index in [2.05, 4.69) is 5.10 Å². The van der Waals surface area contributed by atoms with Crippen LogP contribution in [0.3, 0.4) is 0 Å². The third-order valence-corrected chi connectivity index (χ3v) is 5.95. The van der Waals surface area contributed by atoms with E-state index in [1.54, 1.807) is 4.90 Å². The molecule has 144 valence electrons. The quantitative estimate of drug-likeness (QED) is 0.879. The van der Waals surface area contributed by atoms with Gasteiger partial charge in [0.1, 0.15) is 0 Å². The van der Waals surface area contributed by atoms with Gasteiger partial charge in [0, 0.05) is 24.3 Å². The molecule has 1 fully saturated rings. The Labute approximate surface area is 159 Å². The minimum Gasteiger partial charge on any atom is -0.481 e. The molecule has 0 aliphatic carbocycles. The van der Waals surface area contributed by atoms with Gasteiger partial charge in [0.2, 0.25) is 5.91 Å². The van der Waals surface area contributed by atoms with Crippen molar-refractivity contribution in [2.45, 2.75) is 40.5 Å². The molecule has 0 bridgehead atoms. The van der Waals surface area contributed by atoms with Crippen LogP contribution in [-0.4, -0.2) is 44.8 Å². The van der Waals surface area contributed by atoms with Crippen LogP contribution in [0, 0.1) is 25.2 Å². The van der Waals surface area contributed by atoms with Gasteiger partial charge in [0.05, 0.1) is 23.2 Å². The van der Waals surface area contributed by atoms with E-state index in [4.69, 9.17) is 0 Å². The van der Waals surface area contributed by atoms with Crippen molar-refractivity contribution in [2.24, 2.45) is 11.3 Å². The summed E-state index contributed by atoms with van der Waals surface area (Å²) in [5.74, 6) is -0.855. The Bertz CT molecular complexity index is 857. The molecular weight excluding hydrogens is 342 g/mol. The van der Waals surface area contributed by atoms with E-state index in [0.29, 0.717) is 13.0 Å². The van der Waals surface area contributed by atoms with Gasteiger partial charge in [-0.05, 0) is 38.3 Å². The Morgan fingerprint density at radius 2 is 1.89 bits per heavy atom. The lowest BCUT2D eigenvalue weighted by atomic mass is 9.76. The molecule has 1 saturated heterocycles. The molecule has 1 aromatic heterocycles. The second kappa shape index (κ2) is 7.18. The molecule has 1 aliphatic rings. The summed E-state index contributed by atoms with van der Waals surface area (Å²) in [4.78, 5) is 26.4. The van der Waals surface area contributed by atoms with Gasteiger partial charge in [-0.15, -0.1) is 0 Å². The van der Waals surface area contributed by atoms with E-state index in [-0.39, 0.29) is 24.8 Å². The first-order valence-electron chi connectivity index (χ1n) is 9.38. The smallest absolute Gasteiger partial charge is 0.311 e. The Hall–Kier alpha value is -2.63. The molecule has 1 atom stereocenters. The van der Waals surface area contributed by atoms with Crippen LogP contribution in [0.25, 0.3) is 5.69 Å². The number of nitrogens with zero attached hydrogens (tertiary/aromatic N) is 3. The van der Waals surface area contributed by atoms with Gasteiger partial charge in [-0.1, -0.05) is 32.0 Å². The van der Waals surface area contributed by atoms with Crippen LogP contribution in [0.1, 0.15) is 37.2 Å². The molecular formula is C21H27N3O3. The summed E-state index contributed by atoms with van der Waals surface area (Å²) in [5.41, 5.74) is 2.81. The second-order valence-electron chi connectivity index (χ2n) is 7.75. The van der Waals surface area contributed by atoms with Crippen molar-refractivity contribution in [2.75, 3.05) is 13.1 Å².